The van der Waals surface area contributed by atoms with Gasteiger partial charge in [-0.2, -0.15) is 0 Å². The standard InChI is InChI=1S/C19H26N2/c1-4-21(19-11-7-17(3)8-12-19)14-13-20-15-18-9-5-16(2)6-10-18/h5-12,20H,4,13-15H2,1-3H3. The first kappa shape index (κ1) is 15.6. The molecule has 0 aromatic heterocycles. The van der Waals surface area contributed by atoms with Crippen molar-refractivity contribution in [3.8, 4) is 0 Å². The largest absolute Gasteiger partial charge is 0.371 e. The highest BCUT2D eigenvalue weighted by molar-refractivity contribution is 5.47. The summed E-state index contributed by atoms with van der Waals surface area (Å²) in [7, 11) is 0. The summed E-state index contributed by atoms with van der Waals surface area (Å²) in [5, 5.41) is 3.53. The van der Waals surface area contributed by atoms with Crippen molar-refractivity contribution in [1.82, 2.24) is 5.32 Å². The van der Waals surface area contributed by atoms with Gasteiger partial charge in [0.1, 0.15) is 0 Å². The number of nitrogens with one attached hydrogen (secondary N) is 1. The van der Waals surface area contributed by atoms with E-state index in [4.69, 9.17) is 0 Å². The normalized spacial score (nSPS) is 10.6. The lowest BCUT2D eigenvalue weighted by atomic mass is 10.1. The van der Waals surface area contributed by atoms with E-state index >= 15 is 0 Å². The van der Waals surface area contributed by atoms with Gasteiger partial charge in [0.15, 0.2) is 0 Å². The molecule has 2 heteroatoms. The van der Waals surface area contributed by atoms with E-state index in [1.165, 1.54) is 22.4 Å². The number of benzene rings is 2. The van der Waals surface area contributed by atoms with Crippen molar-refractivity contribution in [2.45, 2.75) is 27.3 Å². The molecule has 1 N–H and O–H groups in total. The Kier molecular flexibility index (Phi) is 5.82. The summed E-state index contributed by atoms with van der Waals surface area (Å²) in [5.41, 5.74) is 5.28. The van der Waals surface area contributed by atoms with Crippen LogP contribution >= 0.6 is 0 Å². The maximum Gasteiger partial charge on any atom is 0.0366 e. The first-order chi connectivity index (χ1) is 10.2. The molecule has 21 heavy (non-hydrogen) atoms. The van der Waals surface area contributed by atoms with E-state index < -0.39 is 0 Å². The maximum absolute atomic E-state index is 3.53. The Morgan fingerprint density at radius 3 is 2.00 bits per heavy atom. The molecule has 0 heterocycles. The molecule has 0 aliphatic heterocycles. The second-order valence-corrected chi connectivity index (χ2v) is 5.58. The third kappa shape index (κ3) is 4.91. The number of rotatable bonds is 7. The van der Waals surface area contributed by atoms with Crippen LogP contribution in [0.5, 0.6) is 0 Å². The molecule has 0 fully saturated rings. The molecule has 2 nitrogen and oxygen atoms in total. The molecular formula is C19H26N2. The minimum Gasteiger partial charge on any atom is -0.371 e. The highest BCUT2D eigenvalue weighted by Crippen LogP contribution is 2.14. The zero-order valence-corrected chi connectivity index (χ0v) is 13.4. The average molecular weight is 282 g/mol. The van der Waals surface area contributed by atoms with Crippen LogP contribution in [0.3, 0.4) is 0 Å². The molecule has 0 amide bonds. The summed E-state index contributed by atoms with van der Waals surface area (Å²) in [6, 6.07) is 17.5. The summed E-state index contributed by atoms with van der Waals surface area (Å²) in [6.07, 6.45) is 0. The fourth-order valence-corrected chi connectivity index (χ4v) is 2.38. The SMILES string of the molecule is CCN(CCNCc1ccc(C)cc1)c1ccc(C)cc1. The molecule has 2 rings (SSSR count). The van der Waals surface area contributed by atoms with Crippen molar-refractivity contribution in [3.05, 3.63) is 65.2 Å². The van der Waals surface area contributed by atoms with Crippen LogP contribution in [0.4, 0.5) is 5.69 Å². The minimum absolute atomic E-state index is 0.936. The van der Waals surface area contributed by atoms with Crippen LogP contribution in [-0.4, -0.2) is 19.6 Å². The zero-order chi connectivity index (χ0) is 15.1. The average Bonchev–Trinajstić information content (AvgIpc) is 2.50. The number of nitrogens with zero attached hydrogens (tertiary/aromatic N) is 1. The van der Waals surface area contributed by atoms with Gasteiger partial charge < -0.3 is 10.2 Å². The molecular weight excluding hydrogens is 256 g/mol. The van der Waals surface area contributed by atoms with Crippen molar-refractivity contribution >= 4 is 5.69 Å². The molecule has 0 bridgehead atoms. The molecule has 0 aliphatic rings. The zero-order valence-electron chi connectivity index (χ0n) is 13.4. The molecule has 0 spiro atoms. The predicted molar refractivity (Wildman–Crippen MR) is 92.0 cm³/mol. The molecule has 0 unspecified atom stereocenters. The van der Waals surface area contributed by atoms with Crippen molar-refractivity contribution in [1.29, 1.82) is 0 Å². The van der Waals surface area contributed by atoms with Gasteiger partial charge in [0.2, 0.25) is 0 Å². The summed E-state index contributed by atoms with van der Waals surface area (Å²) >= 11 is 0. The van der Waals surface area contributed by atoms with Crippen molar-refractivity contribution < 1.29 is 0 Å². The quantitative estimate of drug-likeness (QED) is 0.774. The van der Waals surface area contributed by atoms with Crippen molar-refractivity contribution in [2.24, 2.45) is 0 Å². The van der Waals surface area contributed by atoms with Gasteiger partial charge >= 0.3 is 0 Å². The fourth-order valence-electron chi connectivity index (χ4n) is 2.38. The monoisotopic (exact) mass is 282 g/mol. The van der Waals surface area contributed by atoms with E-state index in [-0.39, 0.29) is 0 Å². The van der Waals surface area contributed by atoms with Crippen LogP contribution in [0.1, 0.15) is 23.6 Å². The third-order valence-electron chi connectivity index (χ3n) is 3.79. The van der Waals surface area contributed by atoms with E-state index in [1.54, 1.807) is 0 Å². The van der Waals surface area contributed by atoms with E-state index in [0.29, 0.717) is 0 Å². The second kappa shape index (κ2) is 7.84. The van der Waals surface area contributed by atoms with Crippen LogP contribution in [0.2, 0.25) is 0 Å². The lowest BCUT2D eigenvalue weighted by Crippen LogP contribution is -2.31. The Morgan fingerprint density at radius 2 is 1.43 bits per heavy atom. The Labute approximate surface area is 128 Å². The highest BCUT2D eigenvalue weighted by atomic mass is 15.1. The molecule has 2 aromatic rings. The van der Waals surface area contributed by atoms with E-state index in [0.717, 1.165) is 26.2 Å². The van der Waals surface area contributed by atoms with E-state index in [1.807, 2.05) is 0 Å². The van der Waals surface area contributed by atoms with Gasteiger partial charge in [-0.05, 0) is 38.5 Å². The summed E-state index contributed by atoms with van der Waals surface area (Å²) in [4.78, 5) is 2.40. The first-order valence-electron chi connectivity index (χ1n) is 7.77. The van der Waals surface area contributed by atoms with Gasteiger partial charge in [-0.25, -0.2) is 0 Å². The molecule has 0 saturated carbocycles. The van der Waals surface area contributed by atoms with Crippen molar-refractivity contribution in [3.63, 3.8) is 0 Å². The van der Waals surface area contributed by atoms with Crippen LogP contribution in [0.15, 0.2) is 48.5 Å². The maximum atomic E-state index is 3.53. The van der Waals surface area contributed by atoms with Gasteiger partial charge in [-0.3, -0.25) is 0 Å². The Bertz CT molecular complexity index is 528. The summed E-state index contributed by atoms with van der Waals surface area (Å²) < 4.78 is 0. The topological polar surface area (TPSA) is 15.3 Å². The van der Waals surface area contributed by atoms with E-state index in [2.05, 4.69) is 79.5 Å². The molecule has 0 saturated heterocycles. The van der Waals surface area contributed by atoms with Crippen molar-refractivity contribution in [2.75, 3.05) is 24.5 Å². The van der Waals surface area contributed by atoms with E-state index in [9.17, 15) is 0 Å². The number of likely N-dealkylation sites (N-methyl/N-ethyl adjacent to an activating group) is 1. The van der Waals surface area contributed by atoms with Crippen LogP contribution in [-0.2, 0) is 6.54 Å². The molecule has 2 aromatic carbocycles. The number of hydrogen-bond acceptors (Lipinski definition) is 2. The molecule has 0 radical (unpaired) electrons. The van der Waals surface area contributed by atoms with Gasteiger partial charge in [-0.15, -0.1) is 0 Å². The van der Waals surface area contributed by atoms with Gasteiger partial charge in [0, 0.05) is 31.9 Å². The van der Waals surface area contributed by atoms with Gasteiger partial charge in [-0.1, -0.05) is 47.5 Å². The minimum atomic E-state index is 0.936. The lowest BCUT2D eigenvalue weighted by molar-refractivity contribution is 0.665. The van der Waals surface area contributed by atoms with Gasteiger partial charge in [0.25, 0.3) is 0 Å². The summed E-state index contributed by atoms with van der Waals surface area (Å²) in [5.74, 6) is 0. The fraction of sp³-hybridized carbons (Fsp3) is 0.368. The molecule has 0 atom stereocenters. The second-order valence-electron chi connectivity index (χ2n) is 5.58. The smallest absolute Gasteiger partial charge is 0.0366 e. The molecule has 0 aliphatic carbocycles. The van der Waals surface area contributed by atoms with Crippen LogP contribution < -0.4 is 10.2 Å². The Hall–Kier alpha value is -1.80. The lowest BCUT2D eigenvalue weighted by Gasteiger charge is -2.23. The number of hydrogen-bond donors (Lipinski definition) is 1. The van der Waals surface area contributed by atoms with Crippen LogP contribution in [0, 0.1) is 13.8 Å². The predicted octanol–water partition coefficient (Wildman–Crippen LogP) is 3.92. The third-order valence-corrected chi connectivity index (χ3v) is 3.79. The number of aryl methyl sites for hydroxylation is 2. The summed E-state index contributed by atoms with van der Waals surface area (Å²) in [6.45, 7) is 10.5. The highest BCUT2D eigenvalue weighted by Gasteiger charge is 2.03. The van der Waals surface area contributed by atoms with Gasteiger partial charge in [0.05, 0.1) is 0 Å². The number of anilines is 1. The van der Waals surface area contributed by atoms with Crippen LogP contribution in [0.25, 0.3) is 0 Å². The molecule has 112 valence electrons. The Balaban J connectivity index is 1.78. The Morgan fingerprint density at radius 1 is 0.857 bits per heavy atom. The first-order valence-corrected chi connectivity index (χ1v) is 7.77.